The average Bonchev–Trinajstić information content (AvgIpc) is 2.19. The van der Waals surface area contributed by atoms with Gasteiger partial charge in [-0.05, 0) is 33.2 Å². The smallest absolute Gasteiger partial charge is 0.238 e. The molecule has 5 nitrogen and oxygen atoms in total. The molecular weight excluding hydrogens is 264 g/mol. The Hall–Kier alpha value is -0.330. The Morgan fingerprint density at radius 3 is 2.53 bits per heavy atom. The van der Waals surface area contributed by atoms with E-state index in [2.05, 4.69) is 10.6 Å². The van der Waals surface area contributed by atoms with Crippen LogP contribution in [0.2, 0.25) is 0 Å². The van der Waals surface area contributed by atoms with E-state index in [1.165, 1.54) is 6.92 Å². The summed E-state index contributed by atoms with van der Waals surface area (Å²) >= 11 is 0. The predicted molar refractivity (Wildman–Crippen MR) is 70.2 cm³/mol. The molecular formula is C10H21ClN2O3S. The third-order valence-corrected chi connectivity index (χ3v) is 4.60. The lowest BCUT2D eigenvalue weighted by atomic mass is 10.00. The van der Waals surface area contributed by atoms with Gasteiger partial charge in [-0.2, -0.15) is 0 Å². The van der Waals surface area contributed by atoms with Gasteiger partial charge in [0.15, 0.2) is 9.84 Å². The second-order valence-electron chi connectivity index (χ2n) is 4.47. The summed E-state index contributed by atoms with van der Waals surface area (Å²) in [7, 11) is -3.30. The van der Waals surface area contributed by atoms with E-state index in [1.807, 2.05) is 6.92 Å². The van der Waals surface area contributed by atoms with Gasteiger partial charge in [-0.3, -0.25) is 4.79 Å². The summed E-state index contributed by atoms with van der Waals surface area (Å²) in [5.41, 5.74) is 0. The number of rotatable bonds is 3. The van der Waals surface area contributed by atoms with Crippen LogP contribution in [0.15, 0.2) is 0 Å². The number of hydrogen-bond donors (Lipinski definition) is 2. The summed E-state index contributed by atoms with van der Waals surface area (Å²) in [6.07, 6.45) is 2.98. The van der Waals surface area contributed by atoms with Crippen LogP contribution in [0.1, 0.15) is 26.7 Å². The van der Waals surface area contributed by atoms with Gasteiger partial charge in [-0.25, -0.2) is 8.42 Å². The van der Waals surface area contributed by atoms with Crippen molar-refractivity contribution < 1.29 is 13.2 Å². The quantitative estimate of drug-likeness (QED) is 0.771. The number of piperidine rings is 1. The maximum absolute atomic E-state index is 11.7. The van der Waals surface area contributed by atoms with Crippen LogP contribution in [0.25, 0.3) is 0 Å². The van der Waals surface area contributed by atoms with Gasteiger partial charge < -0.3 is 10.6 Å². The van der Waals surface area contributed by atoms with Gasteiger partial charge in [0.1, 0.15) is 5.25 Å². The zero-order chi connectivity index (χ0) is 12.3. The summed E-state index contributed by atoms with van der Waals surface area (Å²) in [4.78, 5) is 11.7. The first-order valence-corrected chi connectivity index (χ1v) is 7.50. The minimum atomic E-state index is -3.30. The van der Waals surface area contributed by atoms with Crippen molar-refractivity contribution in [2.45, 2.75) is 44.0 Å². The first-order valence-electron chi connectivity index (χ1n) is 5.55. The van der Waals surface area contributed by atoms with Crippen LogP contribution in [-0.2, 0) is 14.6 Å². The number of carbonyl (C=O) groups is 1. The van der Waals surface area contributed by atoms with Crippen LogP contribution in [0.3, 0.4) is 0 Å². The maximum atomic E-state index is 11.7. The van der Waals surface area contributed by atoms with Crippen molar-refractivity contribution in [3.05, 3.63) is 0 Å². The van der Waals surface area contributed by atoms with Crippen molar-refractivity contribution in [3.63, 3.8) is 0 Å². The lowest BCUT2D eigenvalue weighted by Crippen LogP contribution is -2.54. The van der Waals surface area contributed by atoms with Crippen LogP contribution in [0.5, 0.6) is 0 Å². The molecule has 0 radical (unpaired) electrons. The molecule has 1 rings (SSSR count). The number of sulfone groups is 1. The van der Waals surface area contributed by atoms with E-state index in [9.17, 15) is 13.2 Å². The topological polar surface area (TPSA) is 75.3 Å². The molecule has 1 aliphatic rings. The molecule has 0 spiro atoms. The lowest BCUT2D eigenvalue weighted by molar-refractivity contribution is -0.121. The second-order valence-corrected chi connectivity index (χ2v) is 6.84. The Kier molecular flexibility index (Phi) is 6.43. The third-order valence-electron chi connectivity index (χ3n) is 3.10. The fourth-order valence-corrected chi connectivity index (χ4v) is 2.19. The molecule has 0 aliphatic carbocycles. The molecule has 1 aliphatic heterocycles. The first-order chi connectivity index (χ1) is 7.32. The molecule has 1 heterocycles. The van der Waals surface area contributed by atoms with E-state index >= 15 is 0 Å². The molecule has 3 atom stereocenters. The molecule has 17 heavy (non-hydrogen) atoms. The highest BCUT2D eigenvalue weighted by Gasteiger charge is 2.28. The molecule has 7 heteroatoms. The fraction of sp³-hybridized carbons (Fsp3) is 0.900. The van der Waals surface area contributed by atoms with Crippen molar-refractivity contribution in [2.24, 2.45) is 0 Å². The molecule has 102 valence electrons. The van der Waals surface area contributed by atoms with E-state index in [-0.39, 0.29) is 24.5 Å². The minimum Gasteiger partial charge on any atom is -0.351 e. The summed E-state index contributed by atoms with van der Waals surface area (Å²) in [6.45, 7) is 4.37. The van der Waals surface area contributed by atoms with E-state index in [4.69, 9.17) is 0 Å². The van der Waals surface area contributed by atoms with Crippen LogP contribution in [0, 0.1) is 0 Å². The van der Waals surface area contributed by atoms with Gasteiger partial charge in [0.25, 0.3) is 0 Å². The highest BCUT2D eigenvalue weighted by molar-refractivity contribution is 7.92. The zero-order valence-corrected chi connectivity index (χ0v) is 12.0. The van der Waals surface area contributed by atoms with Gasteiger partial charge in [0.2, 0.25) is 5.91 Å². The molecule has 3 unspecified atom stereocenters. The normalized spacial score (nSPS) is 26.8. The zero-order valence-electron chi connectivity index (χ0n) is 10.4. The molecule has 1 amide bonds. The van der Waals surface area contributed by atoms with Gasteiger partial charge in [-0.15, -0.1) is 12.4 Å². The monoisotopic (exact) mass is 284 g/mol. The van der Waals surface area contributed by atoms with Crippen LogP contribution >= 0.6 is 12.4 Å². The Balaban J connectivity index is 0.00000256. The average molecular weight is 285 g/mol. The van der Waals surface area contributed by atoms with Crippen LogP contribution < -0.4 is 10.6 Å². The van der Waals surface area contributed by atoms with E-state index in [1.54, 1.807) is 0 Å². The van der Waals surface area contributed by atoms with Gasteiger partial charge in [-0.1, -0.05) is 0 Å². The van der Waals surface area contributed by atoms with Crippen molar-refractivity contribution in [2.75, 3.05) is 12.8 Å². The number of nitrogens with one attached hydrogen (secondary N) is 2. The number of hydrogen-bond acceptors (Lipinski definition) is 4. The molecule has 1 saturated heterocycles. The standard InChI is InChI=1S/C10H20N2O3S.ClH/c1-7-9(5-4-6-11-7)12-10(13)8(2)16(3,14)15;/h7-9,11H,4-6H2,1-3H3,(H,12,13);1H. The van der Waals surface area contributed by atoms with Gasteiger partial charge >= 0.3 is 0 Å². The maximum Gasteiger partial charge on any atom is 0.238 e. The lowest BCUT2D eigenvalue weighted by Gasteiger charge is -2.31. The van der Waals surface area contributed by atoms with Crippen molar-refractivity contribution in [1.29, 1.82) is 0 Å². The Morgan fingerprint density at radius 2 is 2.06 bits per heavy atom. The Bertz CT molecular complexity index is 359. The summed E-state index contributed by atoms with van der Waals surface area (Å²) in [5, 5.41) is 5.07. The highest BCUT2D eigenvalue weighted by Crippen LogP contribution is 2.09. The molecule has 0 bridgehead atoms. The summed E-state index contributed by atoms with van der Waals surface area (Å²) in [6, 6.07) is 0.231. The SMILES string of the molecule is CC1NCCCC1NC(=O)C(C)S(C)(=O)=O.Cl. The first kappa shape index (κ1) is 16.7. The summed E-state index contributed by atoms with van der Waals surface area (Å²) < 4.78 is 22.4. The molecule has 0 aromatic carbocycles. The number of carbonyl (C=O) groups excluding carboxylic acids is 1. The van der Waals surface area contributed by atoms with E-state index in [0.29, 0.717) is 0 Å². The highest BCUT2D eigenvalue weighted by atomic mass is 35.5. The minimum absolute atomic E-state index is 0. The van der Waals surface area contributed by atoms with Crippen LogP contribution in [-0.4, -0.2) is 44.5 Å². The summed E-state index contributed by atoms with van der Waals surface area (Å²) in [5.74, 6) is -0.400. The van der Waals surface area contributed by atoms with Crippen molar-refractivity contribution in [1.82, 2.24) is 10.6 Å². The number of halogens is 1. The van der Waals surface area contributed by atoms with Crippen molar-refractivity contribution >= 4 is 28.2 Å². The van der Waals surface area contributed by atoms with Gasteiger partial charge in [0, 0.05) is 18.3 Å². The van der Waals surface area contributed by atoms with Gasteiger partial charge in [0.05, 0.1) is 0 Å². The number of amides is 1. The molecule has 0 aromatic rings. The Labute approximate surface area is 109 Å². The van der Waals surface area contributed by atoms with Crippen molar-refractivity contribution in [3.8, 4) is 0 Å². The van der Waals surface area contributed by atoms with E-state index in [0.717, 1.165) is 25.6 Å². The van der Waals surface area contributed by atoms with Crippen LogP contribution in [0.4, 0.5) is 0 Å². The molecule has 2 N–H and O–H groups in total. The second kappa shape index (κ2) is 6.56. The molecule has 1 fully saturated rings. The predicted octanol–water partition coefficient (Wildman–Crippen LogP) is 0.0980. The largest absolute Gasteiger partial charge is 0.351 e. The van der Waals surface area contributed by atoms with E-state index < -0.39 is 21.0 Å². The molecule has 0 saturated carbocycles. The Morgan fingerprint density at radius 1 is 1.47 bits per heavy atom. The molecule has 0 aromatic heterocycles. The fourth-order valence-electron chi connectivity index (χ4n) is 1.74. The third kappa shape index (κ3) is 4.81.